The number of ether oxygens (including phenoxy) is 2. The van der Waals surface area contributed by atoms with Crippen LogP contribution in [0.2, 0.25) is 19.1 Å². The molecule has 2 unspecified atom stereocenters. The molecule has 0 N–H and O–H groups in total. The number of nitrogens with zero attached hydrogens (tertiary/aromatic N) is 1. The number of hydrogen-bond donors (Lipinski definition) is 0. The van der Waals surface area contributed by atoms with Crippen LogP contribution in [-0.4, -0.2) is 64.9 Å². The van der Waals surface area contributed by atoms with E-state index in [0.29, 0.717) is 12.2 Å². The Morgan fingerprint density at radius 1 is 1.17 bits per heavy atom. The topological polar surface area (TPSA) is 37.5 Å². The van der Waals surface area contributed by atoms with Crippen LogP contribution in [0.4, 0.5) is 0 Å². The molecule has 0 aromatic heterocycles. The molecular formula is C13H27NO3Si. The van der Waals surface area contributed by atoms with E-state index in [9.17, 15) is 0 Å². The fourth-order valence-electron chi connectivity index (χ4n) is 2.37. The first kappa shape index (κ1) is 14.5. The molecule has 18 heavy (non-hydrogen) atoms. The van der Waals surface area contributed by atoms with Crippen LogP contribution >= 0.6 is 0 Å². The van der Waals surface area contributed by atoms with E-state index < -0.39 is 8.32 Å². The minimum absolute atomic E-state index is 0.487. The second-order valence-electron chi connectivity index (χ2n) is 5.97. The van der Waals surface area contributed by atoms with Crippen molar-refractivity contribution in [3.63, 3.8) is 0 Å². The third-order valence-electron chi connectivity index (χ3n) is 3.52. The Morgan fingerprint density at radius 2 is 1.72 bits per heavy atom. The molecule has 0 spiro atoms. The Balaban J connectivity index is 1.63. The van der Waals surface area contributed by atoms with Crippen LogP contribution in [0.3, 0.4) is 0 Å². The van der Waals surface area contributed by atoms with Gasteiger partial charge in [0.05, 0.1) is 25.4 Å². The Hall–Kier alpha value is 0.0569. The van der Waals surface area contributed by atoms with E-state index in [1.54, 1.807) is 0 Å². The van der Waals surface area contributed by atoms with E-state index in [2.05, 4.69) is 24.9 Å². The molecule has 2 aliphatic heterocycles. The normalized spacial score (nSPS) is 26.7. The van der Waals surface area contributed by atoms with Gasteiger partial charge >= 0.3 is 0 Å². The lowest BCUT2D eigenvalue weighted by Crippen LogP contribution is -2.35. The summed E-state index contributed by atoms with van der Waals surface area (Å²) in [4.78, 5) is 2.51. The first-order valence-electron chi connectivity index (χ1n) is 7.18. The molecule has 0 aromatic rings. The molecule has 2 atom stereocenters. The van der Waals surface area contributed by atoms with E-state index in [-0.39, 0.29) is 0 Å². The average molecular weight is 273 g/mol. The van der Waals surface area contributed by atoms with Crippen LogP contribution in [-0.2, 0) is 13.9 Å². The van der Waals surface area contributed by atoms with E-state index in [0.717, 1.165) is 39.5 Å². The van der Waals surface area contributed by atoms with Crippen molar-refractivity contribution in [3.8, 4) is 0 Å². The highest BCUT2D eigenvalue weighted by Gasteiger charge is 2.31. The van der Waals surface area contributed by atoms with Crippen molar-refractivity contribution in [1.82, 2.24) is 4.90 Å². The predicted molar refractivity (Wildman–Crippen MR) is 74.5 cm³/mol. The van der Waals surface area contributed by atoms with E-state index >= 15 is 0 Å². The standard InChI is InChI=1S/C13H27NO3Si/c1-4-17-18(2,3)7-5-6-14(8-12-10-15-12)9-13-11-16-13/h12-13H,4-11H2,1-3H3. The average Bonchev–Trinajstić information content (AvgIpc) is 3.12. The summed E-state index contributed by atoms with van der Waals surface area (Å²) >= 11 is 0. The third kappa shape index (κ3) is 5.80. The summed E-state index contributed by atoms with van der Waals surface area (Å²) in [7, 11) is -1.41. The monoisotopic (exact) mass is 273 g/mol. The van der Waals surface area contributed by atoms with Crippen LogP contribution in [0, 0.1) is 0 Å². The first-order chi connectivity index (χ1) is 8.59. The smallest absolute Gasteiger partial charge is 0.186 e. The Morgan fingerprint density at radius 3 is 2.17 bits per heavy atom. The Labute approximate surface area is 112 Å². The summed E-state index contributed by atoms with van der Waals surface area (Å²) in [5.74, 6) is 0. The number of epoxide rings is 2. The molecule has 0 radical (unpaired) electrons. The molecule has 0 saturated carbocycles. The zero-order valence-electron chi connectivity index (χ0n) is 12.0. The maximum Gasteiger partial charge on any atom is 0.186 e. The largest absolute Gasteiger partial charge is 0.418 e. The highest BCUT2D eigenvalue weighted by atomic mass is 28.4. The molecule has 0 aliphatic carbocycles. The molecular weight excluding hydrogens is 246 g/mol. The van der Waals surface area contributed by atoms with Gasteiger partial charge in [0.25, 0.3) is 0 Å². The van der Waals surface area contributed by atoms with Crippen molar-refractivity contribution in [2.75, 3.05) is 39.5 Å². The summed E-state index contributed by atoms with van der Waals surface area (Å²) in [6.45, 7) is 12.8. The zero-order valence-corrected chi connectivity index (χ0v) is 13.0. The van der Waals surface area contributed by atoms with Gasteiger partial charge in [0.2, 0.25) is 0 Å². The van der Waals surface area contributed by atoms with Gasteiger partial charge in [-0.1, -0.05) is 0 Å². The summed E-state index contributed by atoms with van der Waals surface area (Å²) in [5.41, 5.74) is 0. The summed E-state index contributed by atoms with van der Waals surface area (Å²) < 4.78 is 16.5. The first-order valence-corrected chi connectivity index (χ1v) is 10.3. The SMILES string of the molecule is CCO[Si](C)(C)CCCN(CC1CO1)CC1CO1. The van der Waals surface area contributed by atoms with Gasteiger partial charge in [-0.25, -0.2) is 0 Å². The maximum absolute atomic E-state index is 5.87. The Bertz CT molecular complexity index is 241. The van der Waals surface area contributed by atoms with Crippen molar-refractivity contribution < 1.29 is 13.9 Å². The zero-order chi connectivity index (χ0) is 13.0. The van der Waals surface area contributed by atoms with Crippen LogP contribution in [0.25, 0.3) is 0 Å². The van der Waals surface area contributed by atoms with Crippen molar-refractivity contribution in [1.29, 1.82) is 0 Å². The van der Waals surface area contributed by atoms with Crippen molar-refractivity contribution in [2.45, 2.75) is 44.7 Å². The molecule has 0 bridgehead atoms. The Kier molecular flexibility index (Phi) is 5.21. The lowest BCUT2D eigenvalue weighted by Gasteiger charge is -2.25. The van der Waals surface area contributed by atoms with Gasteiger partial charge in [0, 0.05) is 19.7 Å². The lowest BCUT2D eigenvalue weighted by molar-refractivity contribution is 0.218. The second kappa shape index (κ2) is 6.48. The molecule has 0 amide bonds. The van der Waals surface area contributed by atoms with Gasteiger partial charge in [0.1, 0.15) is 0 Å². The predicted octanol–water partition coefficient (Wildman–Crippen LogP) is 1.72. The van der Waals surface area contributed by atoms with Crippen molar-refractivity contribution in [2.24, 2.45) is 0 Å². The fraction of sp³-hybridized carbons (Fsp3) is 1.00. The van der Waals surface area contributed by atoms with Crippen molar-refractivity contribution in [3.05, 3.63) is 0 Å². The summed E-state index contributed by atoms with van der Waals surface area (Å²) in [6.07, 6.45) is 2.21. The molecule has 5 heteroatoms. The van der Waals surface area contributed by atoms with Gasteiger partial charge in [-0.15, -0.1) is 0 Å². The summed E-state index contributed by atoms with van der Waals surface area (Å²) in [5, 5.41) is 0. The molecule has 106 valence electrons. The van der Waals surface area contributed by atoms with E-state index in [1.165, 1.54) is 12.5 Å². The van der Waals surface area contributed by atoms with E-state index in [4.69, 9.17) is 13.9 Å². The molecule has 2 rings (SSSR count). The van der Waals surface area contributed by atoms with Gasteiger partial charge in [0.15, 0.2) is 8.32 Å². The highest BCUT2D eigenvalue weighted by Crippen LogP contribution is 2.18. The minimum Gasteiger partial charge on any atom is -0.418 e. The van der Waals surface area contributed by atoms with Crippen LogP contribution in [0.1, 0.15) is 13.3 Å². The molecule has 0 aromatic carbocycles. The van der Waals surface area contributed by atoms with Gasteiger partial charge < -0.3 is 13.9 Å². The molecule has 2 heterocycles. The van der Waals surface area contributed by atoms with E-state index in [1.807, 2.05) is 0 Å². The second-order valence-corrected chi connectivity index (χ2v) is 10.3. The molecule has 2 aliphatic rings. The molecule has 4 nitrogen and oxygen atoms in total. The van der Waals surface area contributed by atoms with Gasteiger partial charge in [-0.05, 0) is 39.0 Å². The molecule has 2 saturated heterocycles. The van der Waals surface area contributed by atoms with Crippen LogP contribution in [0.15, 0.2) is 0 Å². The van der Waals surface area contributed by atoms with Gasteiger partial charge in [-0.2, -0.15) is 0 Å². The summed E-state index contributed by atoms with van der Waals surface area (Å²) in [6, 6.07) is 1.24. The number of rotatable bonds is 10. The quantitative estimate of drug-likeness (QED) is 0.449. The minimum atomic E-state index is -1.41. The number of hydrogen-bond acceptors (Lipinski definition) is 4. The van der Waals surface area contributed by atoms with Crippen LogP contribution < -0.4 is 0 Å². The lowest BCUT2D eigenvalue weighted by atomic mass is 10.3. The highest BCUT2D eigenvalue weighted by molar-refractivity contribution is 6.71. The van der Waals surface area contributed by atoms with Crippen molar-refractivity contribution >= 4 is 8.32 Å². The maximum atomic E-state index is 5.87. The van der Waals surface area contributed by atoms with Crippen LogP contribution in [0.5, 0.6) is 0 Å². The fourth-order valence-corrected chi connectivity index (χ4v) is 4.31. The molecule has 2 fully saturated rings. The third-order valence-corrected chi connectivity index (χ3v) is 6.14. The van der Waals surface area contributed by atoms with Gasteiger partial charge in [-0.3, -0.25) is 4.90 Å².